The Labute approximate surface area is 383 Å². The molecule has 13 rings (SSSR count). The van der Waals surface area contributed by atoms with Crippen molar-refractivity contribution < 1.29 is 9.15 Å². The van der Waals surface area contributed by atoms with E-state index in [0.717, 1.165) is 90.7 Å². The molecule has 0 saturated heterocycles. The molecule has 0 amide bonds. The van der Waals surface area contributed by atoms with Crippen LogP contribution >= 0.6 is 0 Å². The summed E-state index contributed by atoms with van der Waals surface area (Å²) in [5.41, 5.74) is 14.2. The molecule has 4 nitrogen and oxygen atoms in total. The van der Waals surface area contributed by atoms with Gasteiger partial charge in [-0.2, -0.15) is 0 Å². The highest BCUT2D eigenvalue weighted by atomic mass is 16.5. The largest absolute Gasteiger partial charge is 0.461 e. The second-order valence-corrected chi connectivity index (χ2v) is 17.3. The maximum atomic E-state index is 6.43. The van der Waals surface area contributed by atoms with E-state index < -0.39 is 0 Å². The number of hydrogen-bond acceptors (Lipinski definition) is 4. The van der Waals surface area contributed by atoms with E-state index in [1.54, 1.807) is 0 Å². The van der Waals surface area contributed by atoms with Crippen LogP contribution in [0.3, 0.4) is 0 Å². The first-order valence-electron chi connectivity index (χ1n) is 22.7. The van der Waals surface area contributed by atoms with Crippen LogP contribution in [0, 0.1) is 0 Å². The van der Waals surface area contributed by atoms with Gasteiger partial charge in [-0.25, -0.2) is 0 Å². The van der Waals surface area contributed by atoms with Crippen molar-refractivity contribution in [3.8, 4) is 28.0 Å². The van der Waals surface area contributed by atoms with Crippen molar-refractivity contribution in [2.45, 2.75) is 12.3 Å². The van der Waals surface area contributed by atoms with E-state index in [0.29, 0.717) is 0 Å². The predicted molar refractivity (Wildman–Crippen MR) is 273 cm³/mol. The fraction of sp³-hybridized carbons (Fsp3) is 0.0323. The molecule has 2 aliphatic rings. The van der Waals surface area contributed by atoms with Crippen molar-refractivity contribution in [3.63, 3.8) is 0 Å². The van der Waals surface area contributed by atoms with Crippen molar-refractivity contribution in [1.29, 1.82) is 0 Å². The van der Waals surface area contributed by atoms with Gasteiger partial charge in [0.15, 0.2) is 0 Å². The number of hydrogen-bond donors (Lipinski definition) is 0. The first-order chi connectivity index (χ1) is 32.7. The van der Waals surface area contributed by atoms with Gasteiger partial charge in [-0.15, -0.1) is 0 Å². The van der Waals surface area contributed by atoms with Crippen molar-refractivity contribution in [1.82, 2.24) is 0 Å². The molecule has 1 aliphatic carbocycles. The maximum Gasteiger partial charge on any atom is 0.137 e. The minimum atomic E-state index is 0.252. The third-order valence-corrected chi connectivity index (χ3v) is 13.4. The molecule has 0 radical (unpaired) electrons. The second-order valence-electron chi connectivity index (χ2n) is 17.3. The van der Waals surface area contributed by atoms with E-state index in [1.807, 2.05) is 18.2 Å². The van der Waals surface area contributed by atoms with Crippen LogP contribution < -0.4 is 14.5 Å². The van der Waals surface area contributed by atoms with E-state index in [1.165, 1.54) is 32.7 Å². The highest BCUT2D eigenvalue weighted by molar-refractivity contribution is 6.06. The molecular formula is C62H42N2O2. The van der Waals surface area contributed by atoms with E-state index in [4.69, 9.17) is 9.15 Å². The molecule has 1 aromatic heterocycles. The Bertz CT molecular complexity index is 3710. The molecule has 1 atom stereocenters. The summed E-state index contributed by atoms with van der Waals surface area (Å²) in [6.07, 6.45) is 5.47. The third-order valence-electron chi connectivity index (χ3n) is 13.4. The highest BCUT2D eigenvalue weighted by Crippen LogP contribution is 2.47. The van der Waals surface area contributed by atoms with Crippen LogP contribution in [-0.4, -0.2) is 0 Å². The molecule has 10 aromatic carbocycles. The Morgan fingerprint density at radius 2 is 0.864 bits per heavy atom. The van der Waals surface area contributed by atoms with Gasteiger partial charge < -0.3 is 19.0 Å². The second kappa shape index (κ2) is 15.6. The lowest BCUT2D eigenvalue weighted by atomic mass is 9.91. The quantitative estimate of drug-likeness (QED) is 0.152. The van der Waals surface area contributed by atoms with Crippen LogP contribution in [0.2, 0.25) is 0 Å². The number of rotatable bonds is 8. The topological polar surface area (TPSA) is 28.9 Å². The number of ether oxygens (including phenoxy) is 1. The number of para-hydroxylation sites is 2. The number of benzene rings is 10. The minimum absolute atomic E-state index is 0.252. The van der Waals surface area contributed by atoms with Gasteiger partial charge in [0, 0.05) is 68.5 Å². The summed E-state index contributed by atoms with van der Waals surface area (Å²) < 4.78 is 12.8. The molecule has 1 aliphatic heterocycles. The number of allylic oxidation sites excluding steroid dienone is 3. The van der Waals surface area contributed by atoms with Crippen LogP contribution in [-0.2, 0) is 0 Å². The maximum absolute atomic E-state index is 6.43. The Morgan fingerprint density at radius 3 is 1.53 bits per heavy atom. The zero-order valence-corrected chi connectivity index (χ0v) is 36.0. The minimum Gasteiger partial charge on any atom is -0.461 e. The molecule has 0 N–H and O–H groups in total. The molecule has 66 heavy (non-hydrogen) atoms. The van der Waals surface area contributed by atoms with Crippen LogP contribution in [0.25, 0.3) is 65.7 Å². The molecule has 312 valence electrons. The first-order valence-corrected chi connectivity index (χ1v) is 22.7. The standard InChI is InChI=1S/C62H42N2O2/c1-3-11-47-37-51(31-25-41(47)9-1)63(53-33-35-57-55-13-5-7-15-59(55)65-61(57)39-53)49-27-21-45(22-28-49)43-17-19-44(20-18-43)46-23-29-50(30-24-46)64(52-32-26-42-10-2-4-12-48(42)38-52)54-34-36-58-56-14-6-8-16-60(56)66-62(58)40-54/h1-35,37-40,58H,36H2. The third kappa shape index (κ3) is 6.62. The molecule has 0 fully saturated rings. The van der Waals surface area contributed by atoms with Crippen LogP contribution in [0.15, 0.2) is 252 Å². The van der Waals surface area contributed by atoms with Crippen molar-refractivity contribution >= 4 is 71.9 Å². The molecule has 2 heterocycles. The van der Waals surface area contributed by atoms with E-state index in [-0.39, 0.29) is 5.92 Å². The summed E-state index contributed by atoms with van der Waals surface area (Å²) in [4.78, 5) is 4.67. The smallest absolute Gasteiger partial charge is 0.137 e. The Morgan fingerprint density at radius 1 is 0.379 bits per heavy atom. The summed E-state index contributed by atoms with van der Waals surface area (Å²) in [5.74, 6) is 2.22. The monoisotopic (exact) mass is 846 g/mol. The van der Waals surface area contributed by atoms with Gasteiger partial charge in [0.2, 0.25) is 0 Å². The van der Waals surface area contributed by atoms with Gasteiger partial charge in [-0.1, -0.05) is 152 Å². The van der Waals surface area contributed by atoms with Gasteiger partial charge in [-0.05, 0) is 123 Å². The van der Waals surface area contributed by atoms with Gasteiger partial charge in [-0.3, -0.25) is 0 Å². The Hall–Kier alpha value is -8.60. The predicted octanol–water partition coefficient (Wildman–Crippen LogP) is 17.2. The summed E-state index contributed by atoms with van der Waals surface area (Å²) >= 11 is 0. The van der Waals surface area contributed by atoms with E-state index >= 15 is 0 Å². The molecule has 0 bridgehead atoms. The molecule has 0 spiro atoms. The Balaban J connectivity index is 0.796. The average molecular weight is 847 g/mol. The van der Waals surface area contributed by atoms with Crippen molar-refractivity contribution in [2.24, 2.45) is 0 Å². The molecular weight excluding hydrogens is 805 g/mol. The fourth-order valence-electron chi connectivity index (χ4n) is 10.0. The number of nitrogens with zero attached hydrogens (tertiary/aromatic N) is 2. The number of anilines is 5. The summed E-state index contributed by atoms with van der Waals surface area (Å²) in [6.45, 7) is 0. The zero-order valence-electron chi connectivity index (χ0n) is 36.0. The average Bonchev–Trinajstić information content (AvgIpc) is 3.95. The highest BCUT2D eigenvalue weighted by Gasteiger charge is 2.32. The van der Waals surface area contributed by atoms with Crippen molar-refractivity contribution in [3.05, 3.63) is 254 Å². The van der Waals surface area contributed by atoms with Crippen LogP contribution in [0.5, 0.6) is 5.75 Å². The lowest BCUT2D eigenvalue weighted by Gasteiger charge is -2.29. The van der Waals surface area contributed by atoms with Gasteiger partial charge in [0.25, 0.3) is 0 Å². The number of furan rings is 1. The summed E-state index contributed by atoms with van der Waals surface area (Å²) in [7, 11) is 0. The molecule has 4 heteroatoms. The fourth-order valence-corrected chi connectivity index (χ4v) is 10.0. The van der Waals surface area contributed by atoms with E-state index in [9.17, 15) is 0 Å². The summed E-state index contributed by atoms with van der Waals surface area (Å²) in [6, 6.07) is 80.4. The normalized spacial score (nSPS) is 14.2. The summed E-state index contributed by atoms with van der Waals surface area (Å²) in [5, 5.41) is 7.09. The van der Waals surface area contributed by atoms with E-state index in [2.05, 4.69) is 228 Å². The molecule has 0 saturated carbocycles. The van der Waals surface area contributed by atoms with Gasteiger partial charge in [0.1, 0.15) is 22.7 Å². The Kier molecular flexibility index (Phi) is 8.95. The number of fused-ring (bicyclic) bond motifs is 8. The van der Waals surface area contributed by atoms with Gasteiger partial charge >= 0.3 is 0 Å². The lowest BCUT2D eigenvalue weighted by Crippen LogP contribution is -2.18. The zero-order chi connectivity index (χ0) is 43.6. The lowest BCUT2D eigenvalue weighted by molar-refractivity contribution is 0.424. The molecule has 1 unspecified atom stereocenters. The van der Waals surface area contributed by atoms with Gasteiger partial charge in [0.05, 0.1) is 0 Å². The van der Waals surface area contributed by atoms with Crippen LogP contribution in [0.1, 0.15) is 17.9 Å². The van der Waals surface area contributed by atoms with Crippen LogP contribution in [0.4, 0.5) is 28.4 Å². The first kappa shape index (κ1) is 37.9. The molecule has 11 aromatic rings. The van der Waals surface area contributed by atoms with Crippen molar-refractivity contribution in [2.75, 3.05) is 9.80 Å². The SMILES string of the molecule is C1=C2Oc3ccccc3C2CC=C1N(c1ccc(-c2ccc(-c3ccc(N(c4ccc5ccccc5c4)c4ccc5c(c4)oc4ccccc45)cc3)cc2)cc1)c1ccc2ccccc2c1.